The van der Waals surface area contributed by atoms with Gasteiger partial charge in [0.25, 0.3) is 0 Å². The number of nitrogens with two attached hydrogens (primary N) is 1. The van der Waals surface area contributed by atoms with Crippen LogP contribution in [0.25, 0.3) is 11.5 Å². The van der Waals surface area contributed by atoms with Crippen LogP contribution in [0.3, 0.4) is 0 Å². The van der Waals surface area contributed by atoms with Gasteiger partial charge in [0.15, 0.2) is 12.4 Å². The minimum absolute atomic E-state index is 0.137. The van der Waals surface area contributed by atoms with Crippen molar-refractivity contribution in [1.29, 1.82) is 0 Å². The lowest BCUT2D eigenvalue weighted by Crippen LogP contribution is -2.14. The van der Waals surface area contributed by atoms with Crippen LogP contribution in [0.1, 0.15) is 16.8 Å². The Morgan fingerprint density at radius 2 is 1.94 bits per heavy atom. The molecule has 0 saturated heterocycles. The van der Waals surface area contributed by atoms with Gasteiger partial charge in [0.1, 0.15) is 24.3 Å². The fraction of sp³-hybridized carbons (Fsp3) is 0.0870. The summed E-state index contributed by atoms with van der Waals surface area (Å²) in [5.41, 5.74) is 9.22. The van der Waals surface area contributed by atoms with E-state index >= 15 is 0 Å². The first kappa shape index (κ1) is 20.6. The van der Waals surface area contributed by atoms with E-state index in [9.17, 15) is 0 Å². The summed E-state index contributed by atoms with van der Waals surface area (Å²) < 4.78 is 12.3. The Labute approximate surface area is 187 Å². The highest BCUT2D eigenvalue weighted by Gasteiger charge is 2.08. The molecule has 0 amide bonds. The summed E-state index contributed by atoms with van der Waals surface area (Å²) >= 11 is 3.41. The number of oxime groups is 1. The average molecular weight is 479 g/mol. The Bertz CT molecular complexity index is 1160. The summed E-state index contributed by atoms with van der Waals surface area (Å²) in [7, 11) is 0. The third-order valence-electron chi connectivity index (χ3n) is 4.28. The molecule has 0 bridgehead atoms. The van der Waals surface area contributed by atoms with Crippen LogP contribution in [-0.4, -0.2) is 15.8 Å². The largest absolute Gasteiger partial charge is 0.489 e. The third kappa shape index (κ3) is 5.70. The molecular weight excluding hydrogens is 460 g/mol. The number of nitrogens with zero attached hydrogens (tertiary/aromatic N) is 3. The number of amidine groups is 1. The van der Waals surface area contributed by atoms with Crippen molar-refractivity contribution >= 4 is 21.8 Å². The van der Waals surface area contributed by atoms with Gasteiger partial charge in [0, 0.05) is 33.6 Å². The van der Waals surface area contributed by atoms with Crippen molar-refractivity contribution in [1.82, 2.24) is 9.97 Å². The van der Waals surface area contributed by atoms with E-state index in [0.29, 0.717) is 29.5 Å². The van der Waals surface area contributed by atoms with Gasteiger partial charge in [-0.2, -0.15) is 0 Å². The standard InChI is InChI=1S/C23H19BrN4O3/c24-19-8-6-17(7-9-19)23-27-20(14-30-23)15-31-28-22(25)18-4-1-5-21(11-18)29-13-16-3-2-10-26-12-16/h1-12,14H,13,15H2,(H2,25,28). The lowest BCUT2D eigenvalue weighted by Gasteiger charge is -2.08. The highest BCUT2D eigenvalue weighted by Crippen LogP contribution is 2.21. The number of oxazole rings is 1. The lowest BCUT2D eigenvalue weighted by atomic mass is 10.2. The van der Waals surface area contributed by atoms with Crippen molar-refractivity contribution in [3.05, 3.63) is 101 Å². The zero-order valence-corrected chi connectivity index (χ0v) is 18.0. The number of hydrogen-bond donors (Lipinski definition) is 1. The van der Waals surface area contributed by atoms with E-state index in [1.165, 1.54) is 6.26 Å². The monoisotopic (exact) mass is 478 g/mol. The third-order valence-corrected chi connectivity index (χ3v) is 4.81. The summed E-state index contributed by atoms with van der Waals surface area (Å²) in [6, 6.07) is 18.8. The predicted octanol–water partition coefficient (Wildman–Crippen LogP) is 4.92. The van der Waals surface area contributed by atoms with Crippen molar-refractivity contribution in [2.45, 2.75) is 13.2 Å². The molecule has 0 atom stereocenters. The van der Waals surface area contributed by atoms with Gasteiger partial charge in [-0.05, 0) is 42.5 Å². The molecule has 2 aromatic heterocycles. The van der Waals surface area contributed by atoms with Gasteiger partial charge < -0.3 is 19.7 Å². The average Bonchev–Trinajstić information content (AvgIpc) is 3.28. The second-order valence-corrected chi connectivity index (χ2v) is 7.49. The van der Waals surface area contributed by atoms with Crippen molar-refractivity contribution in [2.24, 2.45) is 10.9 Å². The molecule has 2 N–H and O–H groups in total. The van der Waals surface area contributed by atoms with Crippen LogP contribution in [0.4, 0.5) is 0 Å². The first-order valence-corrected chi connectivity index (χ1v) is 10.2. The van der Waals surface area contributed by atoms with E-state index in [1.54, 1.807) is 18.5 Å². The minimum Gasteiger partial charge on any atom is -0.489 e. The molecular formula is C23H19BrN4O3. The van der Waals surface area contributed by atoms with E-state index in [4.69, 9.17) is 19.7 Å². The van der Waals surface area contributed by atoms with Crippen LogP contribution in [0, 0.1) is 0 Å². The summed E-state index contributed by atoms with van der Waals surface area (Å²) in [5.74, 6) is 1.43. The maximum atomic E-state index is 6.06. The van der Waals surface area contributed by atoms with Crippen molar-refractivity contribution in [3.8, 4) is 17.2 Å². The van der Waals surface area contributed by atoms with E-state index < -0.39 is 0 Å². The van der Waals surface area contributed by atoms with Crippen LogP contribution >= 0.6 is 15.9 Å². The van der Waals surface area contributed by atoms with Crippen molar-refractivity contribution in [2.75, 3.05) is 0 Å². The quantitative estimate of drug-likeness (QED) is 0.219. The molecule has 0 aliphatic heterocycles. The van der Waals surface area contributed by atoms with Crippen molar-refractivity contribution < 1.29 is 14.0 Å². The van der Waals surface area contributed by atoms with Gasteiger partial charge in [-0.15, -0.1) is 0 Å². The molecule has 2 aromatic carbocycles. The maximum Gasteiger partial charge on any atom is 0.226 e. The first-order chi connectivity index (χ1) is 15.2. The fourth-order valence-electron chi connectivity index (χ4n) is 2.71. The van der Waals surface area contributed by atoms with Crippen LogP contribution in [-0.2, 0) is 18.1 Å². The Hall–Kier alpha value is -3.65. The fourth-order valence-corrected chi connectivity index (χ4v) is 2.98. The van der Waals surface area contributed by atoms with Crippen LogP contribution < -0.4 is 10.5 Å². The second-order valence-electron chi connectivity index (χ2n) is 6.58. The molecule has 0 saturated carbocycles. The van der Waals surface area contributed by atoms with E-state index in [2.05, 4.69) is 31.1 Å². The SMILES string of the molecule is N/C(=N/OCc1coc(-c2ccc(Br)cc2)n1)c1cccc(OCc2cccnc2)c1. The van der Waals surface area contributed by atoms with Crippen LogP contribution in [0.2, 0.25) is 0 Å². The molecule has 4 rings (SSSR count). The topological polar surface area (TPSA) is 95.8 Å². The summed E-state index contributed by atoms with van der Waals surface area (Å²) in [4.78, 5) is 13.8. The number of hydrogen-bond acceptors (Lipinski definition) is 6. The smallest absolute Gasteiger partial charge is 0.226 e. The normalized spacial score (nSPS) is 11.3. The van der Waals surface area contributed by atoms with Crippen LogP contribution in [0.5, 0.6) is 5.75 Å². The Balaban J connectivity index is 1.34. The second kappa shape index (κ2) is 9.90. The van der Waals surface area contributed by atoms with Gasteiger partial charge in [-0.3, -0.25) is 4.98 Å². The number of pyridine rings is 1. The molecule has 0 radical (unpaired) electrons. The van der Waals surface area contributed by atoms with Gasteiger partial charge in [-0.25, -0.2) is 4.98 Å². The summed E-state index contributed by atoms with van der Waals surface area (Å²) in [5, 5.41) is 3.98. The molecule has 156 valence electrons. The van der Waals surface area contributed by atoms with Gasteiger partial charge in [0.2, 0.25) is 5.89 Å². The number of benzene rings is 2. The maximum absolute atomic E-state index is 6.06. The summed E-state index contributed by atoms with van der Waals surface area (Å²) in [6.45, 7) is 0.551. The van der Waals surface area contributed by atoms with E-state index in [-0.39, 0.29) is 12.4 Å². The van der Waals surface area contributed by atoms with E-state index in [0.717, 1.165) is 15.6 Å². The first-order valence-electron chi connectivity index (χ1n) is 9.45. The molecule has 7 nitrogen and oxygen atoms in total. The Morgan fingerprint density at radius 3 is 2.74 bits per heavy atom. The molecule has 0 fully saturated rings. The van der Waals surface area contributed by atoms with Crippen molar-refractivity contribution in [3.63, 3.8) is 0 Å². The minimum atomic E-state index is 0.137. The number of rotatable bonds is 8. The lowest BCUT2D eigenvalue weighted by molar-refractivity contribution is 0.127. The molecule has 4 aromatic rings. The molecule has 0 spiro atoms. The molecule has 8 heteroatoms. The zero-order chi connectivity index (χ0) is 21.5. The molecule has 0 unspecified atom stereocenters. The van der Waals surface area contributed by atoms with Gasteiger partial charge in [0.05, 0.1) is 0 Å². The molecule has 31 heavy (non-hydrogen) atoms. The Kier molecular flexibility index (Phi) is 6.59. The molecule has 0 aliphatic carbocycles. The predicted molar refractivity (Wildman–Crippen MR) is 120 cm³/mol. The number of ether oxygens (including phenoxy) is 1. The van der Waals surface area contributed by atoms with Gasteiger partial charge in [-0.1, -0.05) is 39.3 Å². The van der Waals surface area contributed by atoms with Crippen LogP contribution in [0.15, 0.2) is 93.4 Å². The van der Waals surface area contributed by atoms with Gasteiger partial charge >= 0.3 is 0 Å². The number of aromatic nitrogens is 2. The summed E-state index contributed by atoms with van der Waals surface area (Å²) in [6.07, 6.45) is 5.03. The zero-order valence-electron chi connectivity index (χ0n) is 16.4. The Morgan fingerprint density at radius 1 is 1.06 bits per heavy atom. The van der Waals surface area contributed by atoms with E-state index in [1.807, 2.05) is 54.6 Å². The molecule has 2 heterocycles. The highest BCUT2D eigenvalue weighted by molar-refractivity contribution is 9.10. The molecule has 0 aliphatic rings. The number of halogens is 1. The highest BCUT2D eigenvalue weighted by atomic mass is 79.9.